The lowest BCUT2D eigenvalue weighted by molar-refractivity contribution is -0.137. The van der Waals surface area contributed by atoms with Crippen LogP contribution in [0.2, 0.25) is 0 Å². The number of amides is 1. The number of aromatic nitrogens is 1. The summed E-state index contributed by atoms with van der Waals surface area (Å²) in [5.41, 5.74) is -1.97. The number of rotatable bonds is 5. The van der Waals surface area contributed by atoms with E-state index in [4.69, 9.17) is 0 Å². The van der Waals surface area contributed by atoms with E-state index in [0.717, 1.165) is 12.5 Å². The highest BCUT2D eigenvalue weighted by molar-refractivity contribution is 7.89. The van der Waals surface area contributed by atoms with Gasteiger partial charge in [-0.3, -0.25) is 4.79 Å². The molecule has 1 amide bonds. The zero-order chi connectivity index (χ0) is 25.1. The third kappa shape index (κ3) is 4.17. The van der Waals surface area contributed by atoms with Gasteiger partial charge in [-0.05, 0) is 36.7 Å². The summed E-state index contributed by atoms with van der Waals surface area (Å²) in [6.45, 7) is 6.00. The number of piperazine rings is 1. The van der Waals surface area contributed by atoms with Gasteiger partial charge in [-0.15, -0.1) is 0 Å². The van der Waals surface area contributed by atoms with E-state index in [1.54, 1.807) is 4.90 Å². The van der Waals surface area contributed by atoms with Gasteiger partial charge in [0.05, 0.1) is 23.1 Å². The number of carbonyl (C=O) groups excluding carboxylic acids is 1. The molecule has 2 heterocycles. The molecule has 1 aromatic rings. The predicted octanol–water partition coefficient (Wildman–Crippen LogP) is 2.70. The van der Waals surface area contributed by atoms with Crippen molar-refractivity contribution in [2.75, 3.05) is 42.1 Å². The SMILES string of the molecule is CC(=O)Nc1cc(C(F)(F)F)cnc1N1CCN(S(=O)(=O)C[C@]23CC[C@H](CC2O)C3(C)C)CC1. The zero-order valence-corrected chi connectivity index (χ0v) is 20.3. The Morgan fingerprint density at radius 1 is 1.26 bits per heavy atom. The molecule has 0 radical (unpaired) electrons. The number of alkyl halides is 3. The van der Waals surface area contributed by atoms with Crippen molar-refractivity contribution in [3.63, 3.8) is 0 Å². The molecule has 34 heavy (non-hydrogen) atoms. The largest absolute Gasteiger partial charge is 0.417 e. The van der Waals surface area contributed by atoms with Crippen LogP contribution in [0.15, 0.2) is 12.3 Å². The van der Waals surface area contributed by atoms with Crippen LogP contribution >= 0.6 is 0 Å². The Hall–Kier alpha value is -1.92. The van der Waals surface area contributed by atoms with Gasteiger partial charge in [-0.25, -0.2) is 13.4 Å². The first-order valence-corrected chi connectivity index (χ1v) is 13.0. The number of nitrogens with one attached hydrogen (secondary N) is 1. The summed E-state index contributed by atoms with van der Waals surface area (Å²) in [4.78, 5) is 17.2. The van der Waals surface area contributed by atoms with Crippen LogP contribution in [-0.2, 0) is 21.0 Å². The third-order valence-corrected chi connectivity index (χ3v) is 10.3. The fourth-order valence-corrected chi connectivity index (χ4v) is 8.38. The van der Waals surface area contributed by atoms with Crippen LogP contribution in [0.1, 0.15) is 45.6 Å². The molecule has 2 bridgehead atoms. The molecule has 12 heteroatoms. The monoisotopic (exact) mass is 504 g/mol. The second-order valence-electron chi connectivity index (χ2n) is 10.3. The van der Waals surface area contributed by atoms with Crippen LogP contribution in [0.4, 0.5) is 24.7 Å². The first kappa shape index (κ1) is 25.2. The van der Waals surface area contributed by atoms with E-state index >= 15 is 0 Å². The summed E-state index contributed by atoms with van der Waals surface area (Å²) in [6, 6.07) is 0.839. The highest BCUT2D eigenvalue weighted by Crippen LogP contribution is 2.66. The number of sulfonamides is 1. The summed E-state index contributed by atoms with van der Waals surface area (Å²) in [6.07, 6.45) is -2.32. The van der Waals surface area contributed by atoms with Crippen molar-refractivity contribution in [2.24, 2.45) is 16.7 Å². The molecule has 0 aromatic carbocycles. The number of hydrogen-bond acceptors (Lipinski definition) is 6. The highest BCUT2D eigenvalue weighted by atomic mass is 32.2. The smallest absolute Gasteiger partial charge is 0.392 e. The summed E-state index contributed by atoms with van der Waals surface area (Å²) in [7, 11) is -3.67. The van der Waals surface area contributed by atoms with E-state index in [1.807, 2.05) is 13.8 Å². The predicted molar refractivity (Wildman–Crippen MR) is 121 cm³/mol. The van der Waals surface area contributed by atoms with Gasteiger partial charge in [0.15, 0.2) is 5.82 Å². The van der Waals surface area contributed by atoms with Crippen molar-refractivity contribution in [1.29, 1.82) is 0 Å². The molecular weight excluding hydrogens is 473 g/mol. The quantitative estimate of drug-likeness (QED) is 0.639. The van der Waals surface area contributed by atoms with Crippen molar-refractivity contribution in [3.8, 4) is 0 Å². The van der Waals surface area contributed by atoms with Crippen molar-refractivity contribution in [2.45, 2.75) is 52.3 Å². The summed E-state index contributed by atoms with van der Waals surface area (Å²) in [5.74, 6) is -0.159. The minimum Gasteiger partial charge on any atom is -0.392 e. The molecule has 2 aliphatic carbocycles. The third-order valence-electron chi connectivity index (χ3n) is 8.26. The average molecular weight is 505 g/mol. The molecule has 1 saturated heterocycles. The maximum absolute atomic E-state index is 13.4. The van der Waals surface area contributed by atoms with Gasteiger partial charge >= 0.3 is 6.18 Å². The van der Waals surface area contributed by atoms with Gasteiger partial charge in [-0.2, -0.15) is 17.5 Å². The Balaban J connectivity index is 1.50. The van der Waals surface area contributed by atoms with Crippen LogP contribution < -0.4 is 10.2 Å². The number of pyridine rings is 1. The molecule has 190 valence electrons. The molecule has 3 atom stereocenters. The molecule has 1 aromatic heterocycles. The first-order chi connectivity index (χ1) is 15.7. The van der Waals surface area contributed by atoms with E-state index < -0.39 is 39.2 Å². The minimum atomic E-state index is -4.61. The average Bonchev–Trinajstić information content (AvgIpc) is 3.07. The van der Waals surface area contributed by atoms with Crippen molar-refractivity contribution < 1.29 is 31.5 Å². The zero-order valence-electron chi connectivity index (χ0n) is 19.5. The molecule has 2 saturated carbocycles. The van der Waals surface area contributed by atoms with Crippen molar-refractivity contribution in [1.82, 2.24) is 9.29 Å². The number of fused-ring (bicyclic) bond motifs is 2. The Bertz CT molecular complexity index is 1070. The van der Waals surface area contributed by atoms with E-state index in [-0.39, 0.29) is 48.9 Å². The number of anilines is 2. The molecule has 4 rings (SSSR count). The number of aliphatic hydroxyl groups is 1. The number of nitrogens with zero attached hydrogens (tertiary/aromatic N) is 3. The number of aliphatic hydroxyl groups excluding tert-OH is 1. The van der Waals surface area contributed by atoms with E-state index in [2.05, 4.69) is 10.3 Å². The summed E-state index contributed by atoms with van der Waals surface area (Å²) >= 11 is 0. The molecule has 2 N–H and O–H groups in total. The standard InChI is InChI=1S/C22H31F3N4O4S/c1-14(30)27-17-10-16(22(23,24)25)12-26-19(17)28-6-8-29(9-7-28)34(32,33)13-21-5-4-15(11-18(21)31)20(21,2)3/h10,12,15,18,31H,4-9,11,13H2,1-3H3,(H,27,30)/t15-,18?,21-/m1/s1. The Labute approximate surface area is 197 Å². The van der Waals surface area contributed by atoms with E-state index in [9.17, 15) is 31.5 Å². The maximum atomic E-state index is 13.4. The maximum Gasteiger partial charge on any atom is 0.417 e. The molecule has 3 fully saturated rings. The number of halogens is 3. The van der Waals surface area contributed by atoms with Gasteiger partial charge in [0.25, 0.3) is 0 Å². The van der Waals surface area contributed by atoms with E-state index in [1.165, 1.54) is 11.2 Å². The van der Waals surface area contributed by atoms with Gasteiger partial charge in [-0.1, -0.05) is 13.8 Å². The van der Waals surface area contributed by atoms with Gasteiger partial charge in [0, 0.05) is 44.7 Å². The second-order valence-corrected chi connectivity index (χ2v) is 12.3. The van der Waals surface area contributed by atoms with Gasteiger partial charge in [0.1, 0.15) is 0 Å². The van der Waals surface area contributed by atoms with Crippen LogP contribution in [-0.4, -0.2) is 66.8 Å². The summed E-state index contributed by atoms with van der Waals surface area (Å²) < 4.78 is 67.5. The second kappa shape index (κ2) is 8.34. The van der Waals surface area contributed by atoms with Crippen LogP contribution in [0.5, 0.6) is 0 Å². The Kier molecular flexibility index (Phi) is 6.17. The lowest BCUT2D eigenvalue weighted by Crippen LogP contribution is -2.53. The molecule has 0 spiro atoms. The normalized spacial score (nSPS) is 29.4. The lowest BCUT2D eigenvalue weighted by Gasteiger charge is -2.42. The van der Waals surface area contributed by atoms with E-state index in [0.29, 0.717) is 25.0 Å². The van der Waals surface area contributed by atoms with Gasteiger partial charge < -0.3 is 15.3 Å². The van der Waals surface area contributed by atoms with Crippen molar-refractivity contribution >= 4 is 27.4 Å². The van der Waals surface area contributed by atoms with Crippen LogP contribution in [0.3, 0.4) is 0 Å². The van der Waals surface area contributed by atoms with Gasteiger partial charge in [0.2, 0.25) is 15.9 Å². The molecule has 1 unspecified atom stereocenters. The van der Waals surface area contributed by atoms with Crippen molar-refractivity contribution in [3.05, 3.63) is 17.8 Å². The number of hydrogen-bond donors (Lipinski definition) is 2. The Morgan fingerprint density at radius 3 is 2.41 bits per heavy atom. The minimum absolute atomic E-state index is 0.0645. The number of carbonyl (C=O) groups is 1. The summed E-state index contributed by atoms with van der Waals surface area (Å²) in [5, 5.41) is 13.1. The molecule has 8 nitrogen and oxygen atoms in total. The topological polar surface area (TPSA) is 103 Å². The lowest BCUT2D eigenvalue weighted by atomic mass is 9.70. The van der Waals surface area contributed by atoms with Crippen LogP contribution in [0.25, 0.3) is 0 Å². The highest BCUT2D eigenvalue weighted by Gasteiger charge is 2.65. The van der Waals surface area contributed by atoms with Crippen LogP contribution in [0, 0.1) is 16.7 Å². The molecule has 3 aliphatic rings. The molecular formula is C22H31F3N4O4S. The first-order valence-electron chi connectivity index (χ1n) is 11.4. The molecule has 1 aliphatic heterocycles. The fourth-order valence-electron chi connectivity index (χ4n) is 6.12. The fraction of sp³-hybridized carbons (Fsp3) is 0.727. The Morgan fingerprint density at radius 2 is 1.91 bits per heavy atom.